The molecule has 1 aliphatic rings. The molecule has 0 fully saturated rings. The molecule has 0 amide bonds. The fraction of sp³-hybridized carbons (Fsp3) is 0.0526. The summed E-state index contributed by atoms with van der Waals surface area (Å²) in [6.45, 7) is -0.0464. The molecule has 0 saturated carbocycles. The number of carbonyl (C=O) groups is 1. The van der Waals surface area contributed by atoms with Crippen LogP contribution < -0.4 is 9.47 Å². The van der Waals surface area contributed by atoms with Crippen LogP contribution in [0.5, 0.6) is 11.5 Å². The lowest BCUT2D eigenvalue weighted by Gasteiger charge is -2.02. The molecule has 0 radical (unpaired) electrons. The van der Waals surface area contributed by atoms with Gasteiger partial charge in [0.05, 0.1) is 5.56 Å². The van der Waals surface area contributed by atoms with Gasteiger partial charge in [-0.2, -0.15) is 5.26 Å². The third-order valence-corrected chi connectivity index (χ3v) is 3.28. The number of fused-ring (bicyclic) bond motifs is 1. The summed E-state index contributed by atoms with van der Waals surface area (Å²) in [5.41, 5.74) is 1.54. The molecule has 1 heterocycles. The second-order valence-corrected chi connectivity index (χ2v) is 4.84. The van der Waals surface area contributed by atoms with E-state index in [1.807, 2.05) is 42.5 Å². The Hall–Kier alpha value is -3.32. The van der Waals surface area contributed by atoms with Crippen LogP contribution >= 0.6 is 0 Å². The van der Waals surface area contributed by atoms with Crippen LogP contribution in [0.3, 0.4) is 0 Å². The minimum Gasteiger partial charge on any atom is -0.479 e. The minimum absolute atomic E-state index is 0.0464. The molecule has 0 bridgehead atoms. The van der Waals surface area contributed by atoms with Crippen molar-refractivity contribution in [1.82, 2.24) is 0 Å². The first-order valence-corrected chi connectivity index (χ1v) is 7.08. The lowest BCUT2D eigenvalue weighted by Crippen LogP contribution is -1.97. The van der Waals surface area contributed by atoms with Crippen molar-refractivity contribution in [3.8, 4) is 17.6 Å². The Labute approximate surface area is 133 Å². The fourth-order valence-corrected chi connectivity index (χ4v) is 2.20. The summed E-state index contributed by atoms with van der Waals surface area (Å²) in [6.07, 6.45) is 5.32. The van der Waals surface area contributed by atoms with E-state index in [4.69, 9.17) is 14.7 Å². The summed E-state index contributed by atoms with van der Waals surface area (Å²) in [6, 6.07) is 16.6. The number of benzene rings is 2. The number of Topliss-reactive ketones (excluding diaryl/α,β-unsaturated/α-hetero) is 1. The standard InChI is InChI=1S/C19H13NO3/c20-11-12-22-15-9-10-16-18(13-15)23-17(19(16)21)8-4-7-14-5-2-1-3-6-14/h1-10,13H,12H2. The third-order valence-electron chi connectivity index (χ3n) is 3.28. The molecule has 0 unspecified atom stereocenters. The van der Waals surface area contributed by atoms with Gasteiger partial charge in [0.2, 0.25) is 5.78 Å². The summed E-state index contributed by atoms with van der Waals surface area (Å²) in [5.74, 6) is 1.05. The number of nitriles is 1. The average Bonchev–Trinajstić information content (AvgIpc) is 2.89. The fourth-order valence-electron chi connectivity index (χ4n) is 2.20. The van der Waals surface area contributed by atoms with E-state index in [-0.39, 0.29) is 18.1 Å². The number of nitrogens with zero attached hydrogens (tertiary/aromatic N) is 1. The quantitative estimate of drug-likeness (QED) is 0.807. The molecule has 0 atom stereocenters. The van der Waals surface area contributed by atoms with Crippen molar-refractivity contribution < 1.29 is 14.3 Å². The second-order valence-electron chi connectivity index (χ2n) is 4.84. The van der Waals surface area contributed by atoms with Crippen LogP contribution in [0.4, 0.5) is 0 Å². The summed E-state index contributed by atoms with van der Waals surface area (Å²) < 4.78 is 10.8. The number of allylic oxidation sites excluding steroid dienone is 3. The van der Waals surface area contributed by atoms with Gasteiger partial charge in [-0.05, 0) is 23.8 Å². The normalized spacial score (nSPS) is 14.6. The highest BCUT2D eigenvalue weighted by molar-refractivity contribution is 6.12. The highest BCUT2D eigenvalue weighted by Gasteiger charge is 2.27. The summed E-state index contributed by atoms with van der Waals surface area (Å²) in [5, 5.41) is 8.52. The molecule has 0 aliphatic carbocycles. The molecule has 2 aromatic rings. The van der Waals surface area contributed by atoms with Crippen molar-refractivity contribution in [2.24, 2.45) is 0 Å². The van der Waals surface area contributed by atoms with Gasteiger partial charge in [-0.15, -0.1) is 0 Å². The highest BCUT2D eigenvalue weighted by Crippen LogP contribution is 2.34. The maximum Gasteiger partial charge on any atom is 0.231 e. The Kier molecular flexibility index (Phi) is 4.21. The Morgan fingerprint density at radius 2 is 2.00 bits per heavy atom. The van der Waals surface area contributed by atoms with Crippen molar-refractivity contribution in [2.45, 2.75) is 0 Å². The van der Waals surface area contributed by atoms with Gasteiger partial charge in [0.15, 0.2) is 12.4 Å². The van der Waals surface area contributed by atoms with Gasteiger partial charge in [0.25, 0.3) is 0 Å². The summed E-state index contributed by atoms with van der Waals surface area (Å²) in [4.78, 5) is 12.2. The van der Waals surface area contributed by atoms with Gasteiger partial charge >= 0.3 is 0 Å². The van der Waals surface area contributed by atoms with Gasteiger partial charge in [-0.1, -0.05) is 42.5 Å². The van der Waals surface area contributed by atoms with Crippen LogP contribution in [0, 0.1) is 11.3 Å². The number of hydrogen-bond acceptors (Lipinski definition) is 4. The third kappa shape index (κ3) is 3.30. The molecule has 4 nitrogen and oxygen atoms in total. The van der Waals surface area contributed by atoms with E-state index in [0.717, 1.165) is 5.56 Å². The van der Waals surface area contributed by atoms with Gasteiger partial charge in [0.1, 0.15) is 17.6 Å². The van der Waals surface area contributed by atoms with E-state index in [1.54, 1.807) is 30.4 Å². The van der Waals surface area contributed by atoms with E-state index in [9.17, 15) is 4.79 Å². The summed E-state index contributed by atoms with van der Waals surface area (Å²) in [7, 11) is 0. The van der Waals surface area contributed by atoms with Crippen LogP contribution in [0.2, 0.25) is 0 Å². The van der Waals surface area contributed by atoms with Crippen molar-refractivity contribution in [3.63, 3.8) is 0 Å². The number of ether oxygens (including phenoxy) is 2. The summed E-state index contributed by atoms with van der Waals surface area (Å²) >= 11 is 0. The smallest absolute Gasteiger partial charge is 0.231 e. The van der Waals surface area contributed by atoms with Gasteiger partial charge < -0.3 is 9.47 Å². The van der Waals surface area contributed by atoms with Crippen molar-refractivity contribution in [2.75, 3.05) is 6.61 Å². The van der Waals surface area contributed by atoms with E-state index in [2.05, 4.69) is 0 Å². The molecular weight excluding hydrogens is 290 g/mol. The first-order valence-electron chi connectivity index (χ1n) is 7.08. The molecule has 2 aromatic carbocycles. The van der Waals surface area contributed by atoms with E-state index in [1.165, 1.54) is 0 Å². The Morgan fingerprint density at radius 3 is 2.78 bits per heavy atom. The maximum absolute atomic E-state index is 12.2. The molecule has 1 aliphatic heterocycles. The van der Waals surface area contributed by atoms with Crippen LogP contribution in [-0.2, 0) is 0 Å². The molecule has 4 heteroatoms. The van der Waals surface area contributed by atoms with Crippen molar-refractivity contribution >= 4 is 11.9 Å². The number of ketones is 1. The predicted octanol–water partition coefficient (Wildman–Crippen LogP) is 3.76. The first-order chi connectivity index (χ1) is 11.3. The van der Waals surface area contributed by atoms with Crippen molar-refractivity contribution in [3.05, 3.63) is 77.6 Å². The number of carbonyl (C=O) groups excluding carboxylic acids is 1. The molecule has 0 N–H and O–H groups in total. The van der Waals surface area contributed by atoms with Gasteiger partial charge in [-0.25, -0.2) is 0 Å². The zero-order chi connectivity index (χ0) is 16.1. The van der Waals surface area contributed by atoms with E-state index < -0.39 is 0 Å². The average molecular weight is 303 g/mol. The number of rotatable bonds is 4. The van der Waals surface area contributed by atoms with Crippen molar-refractivity contribution in [1.29, 1.82) is 5.26 Å². The molecular formula is C19H13NO3. The molecule has 0 saturated heterocycles. The molecule has 112 valence electrons. The zero-order valence-corrected chi connectivity index (χ0v) is 12.2. The van der Waals surface area contributed by atoms with E-state index in [0.29, 0.717) is 17.1 Å². The van der Waals surface area contributed by atoms with Crippen LogP contribution in [0.1, 0.15) is 15.9 Å². The Bertz CT molecular complexity index is 829. The van der Waals surface area contributed by atoms with Crippen LogP contribution in [-0.4, -0.2) is 12.4 Å². The zero-order valence-electron chi connectivity index (χ0n) is 12.2. The van der Waals surface area contributed by atoms with Gasteiger partial charge in [0, 0.05) is 6.07 Å². The lowest BCUT2D eigenvalue weighted by atomic mass is 10.1. The first kappa shape index (κ1) is 14.6. The molecule has 3 rings (SSSR count). The molecule has 0 aromatic heterocycles. The maximum atomic E-state index is 12.2. The van der Waals surface area contributed by atoms with Crippen LogP contribution in [0.25, 0.3) is 6.08 Å². The molecule has 23 heavy (non-hydrogen) atoms. The van der Waals surface area contributed by atoms with E-state index >= 15 is 0 Å². The SMILES string of the molecule is N#CCOc1ccc2c(c1)OC(=CC=Cc1ccccc1)C2=O. The predicted molar refractivity (Wildman–Crippen MR) is 86.1 cm³/mol. The number of hydrogen-bond donors (Lipinski definition) is 0. The monoisotopic (exact) mass is 303 g/mol. The Morgan fingerprint density at radius 1 is 1.17 bits per heavy atom. The second kappa shape index (κ2) is 6.63. The highest BCUT2D eigenvalue weighted by atomic mass is 16.5. The largest absolute Gasteiger partial charge is 0.479 e. The Balaban J connectivity index is 1.76. The van der Waals surface area contributed by atoms with Crippen LogP contribution in [0.15, 0.2) is 66.4 Å². The molecule has 0 spiro atoms. The minimum atomic E-state index is -0.162. The lowest BCUT2D eigenvalue weighted by molar-refractivity contribution is 0.101. The van der Waals surface area contributed by atoms with Gasteiger partial charge in [-0.3, -0.25) is 4.79 Å². The topological polar surface area (TPSA) is 59.3 Å².